The van der Waals surface area contributed by atoms with Crippen molar-refractivity contribution >= 4 is 23.7 Å². The molecule has 0 N–H and O–H groups in total. The van der Waals surface area contributed by atoms with Gasteiger partial charge in [-0.2, -0.15) is 0 Å². The van der Waals surface area contributed by atoms with E-state index in [1.807, 2.05) is 12.1 Å². The molecular formula is C33H32N2O10. The molecule has 3 aromatic rings. The van der Waals surface area contributed by atoms with Gasteiger partial charge in [-0.1, -0.05) is 24.3 Å². The summed E-state index contributed by atoms with van der Waals surface area (Å²) in [6.45, 7) is 0.424. The van der Waals surface area contributed by atoms with Crippen LogP contribution in [-0.4, -0.2) is 35.4 Å². The number of hydrogen-bond donors (Lipinski definition) is 0. The number of benzene rings is 3. The molecule has 3 aromatic carbocycles. The van der Waals surface area contributed by atoms with Gasteiger partial charge in [0, 0.05) is 36.1 Å². The first-order valence-electron chi connectivity index (χ1n) is 14.9. The molecule has 12 heteroatoms. The van der Waals surface area contributed by atoms with Gasteiger partial charge in [-0.15, -0.1) is 0 Å². The van der Waals surface area contributed by atoms with E-state index in [2.05, 4.69) is 12.1 Å². The molecule has 0 saturated heterocycles. The molecule has 12 nitrogen and oxygen atoms in total. The topological polar surface area (TPSA) is 157 Å². The lowest BCUT2D eigenvalue weighted by Crippen LogP contribution is -2.52. The fourth-order valence-electron chi connectivity index (χ4n) is 7.86. The number of carbonyl (C=O) groups is 2. The van der Waals surface area contributed by atoms with Crippen molar-refractivity contribution in [2.75, 3.05) is 13.2 Å². The molecule has 0 amide bonds. The summed E-state index contributed by atoms with van der Waals surface area (Å²) in [6.07, 6.45) is 4.12. The second-order valence-electron chi connectivity index (χ2n) is 12.3. The Morgan fingerprint density at radius 3 is 1.87 bits per heavy atom. The van der Waals surface area contributed by atoms with Gasteiger partial charge in [0.2, 0.25) is 0 Å². The normalized spacial score (nSPS) is 24.4. The number of ether oxygens (including phenoxy) is 4. The molecule has 45 heavy (non-hydrogen) atoms. The predicted molar refractivity (Wildman–Crippen MR) is 159 cm³/mol. The summed E-state index contributed by atoms with van der Waals surface area (Å²) in [5.41, 5.74) is 2.08. The van der Waals surface area contributed by atoms with Crippen LogP contribution in [0.2, 0.25) is 0 Å². The highest BCUT2D eigenvalue weighted by molar-refractivity contribution is 5.64. The molecule has 0 radical (unpaired) electrons. The van der Waals surface area contributed by atoms with Gasteiger partial charge in [-0.25, -0.2) is 9.59 Å². The van der Waals surface area contributed by atoms with E-state index in [-0.39, 0.29) is 34.9 Å². The second kappa shape index (κ2) is 12.5. The highest BCUT2D eigenvalue weighted by Gasteiger charge is 2.56. The molecule has 4 aliphatic rings. The van der Waals surface area contributed by atoms with Gasteiger partial charge in [0.15, 0.2) is 0 Å². The van der Waals surface area contributed by atoms with E-state index < -0.39 is 22.2 Å². The maximum atomic E-state index is 12.5. The number of nitro benzene ring substituents is 2. The summed E-state index contributed by atoms with van der Waals surface area (Å²) in [6, 6.07) is 18.9. The van der Waals surface area contributed by atoms with Gasteiger partial charge < -0.3 is 18.9 Å². The molecule has 4 aliphatic carbocycles. The van der Waals surface area contributed by atoms with E-state index in [1.165, 1.54) is 54.1 Å². The molecule has 234 valence electrons. The average Bonchev–Trinajstić information content (AvgIpc) is 3.00. The smallest absolute Gasteiger partial charge is 0.434 e. The fourth-order valence-corrected chi connectivity index (χ4v) is 7.86. The summed E-state index contributed by atoms with van der Waals surface area (Å²) in [5, 5.41) is 21.6. The Morgan fingerprint density at radius 2 is 1.31 bits per heavy atom. The van der Waals surface area contributed by atoms with Crippen LogP contribution in [0.3, 0.4) is 0 Å². The summed E-state index contributed by atoms with van der Waals surface area (Å²) < 4.78 is 21.2. The van der Waals surface area contributed by atoms with Crippen molar-refractivity contribution in [3.8, 4) is 11.5 Å². The van der Waals surface area contributed by atoms with E-state index in [0.29, 0.717) is 36.7 Å². The van der Waals surface area contributed by atoms with Crippen LogP contribution in [0.1, 0.15) is 49.1 Å². The Morgan fingerprint density at radius 1 is 0.756 bits per heavy atom. The molecular weight excluding hydrogens is 584 g/mol. The minimum atomic E-state index is -0.870. The Labute approximate surface area is 258 Å². The van der Waals surface area contributed by atoms with Crippen molar-refractivity contribution in [3.63, 3.8) is 0 Å². The Hall–Kier alpha value is -5.00. The fraction of sp³-hybridized carbons (Fsp3) is 0.394. The third kappa shape index (κ3) is 6.89. The van der Waals surface area contributed by atoms with Crippen LogP contribution in [0.5, 0.6) is 11.5 Å². The minimum absolute atomic E-state index is 0.0724. The van der Waals surface area contributed by atoms with Crippen molar-refractivity contribution in [3.05, 3.63) is 104 Å². The Bertz CT molecular complexity index is 1570. The molecule has 4 bridgehead atoms. The Balaban J connectivity index is 1.01. The van der Waals surface area contributed by atoms with E-state index >= 15 is 0 Å². The average molecular weight is 617 g/mol. The molecule has 0 aromatic heterocycles. The highest BCUT2D eigenvalue weighted by Crippen LogP contribution is 2.64. The Kier molecular flexibility index (Phi) is 8.38. The second-order valence-corrected chi connectivity index (χ2v) is 12.3. The van der Waals surface area contributed by atoms with Crippen molar-refractivity contribution in [1.29, 1.82) is 0 Å². The van der Waals surface area contributed by atoms with Gasteiger partial charge in [0.05, 0.1) is 16.5 Å². The predicted octanol–water partition coefficient (Wildman–Crippen LogP) is 7.39. The van der Waals surface area contributed by atoms with Crippen molar-refractivity contribution < 1.29 is 38.4 Å². The lowest BCUT2D eigenvalue weighted by atomic mass is 9.45. The van der Waals surface area contributed by atoms with Gasteiger partial charge in [-0.3, -0.25) is 20.2 Å². The largest absolute Gasteiger partial charge is 0.513 e. The number of nitro groups is 2. The first kappa shape index (κ1) is 30.0. The highest BCUT2D eigenvalue weighted by atomic mass is 16.7. The molecule has 7 rings (SSSR count). The number of rotatable bonds is 10. The molecule has 2 unspecified atom stereocenters. The summed E-state index contributed by atoms with van der Waals surface area (Å²) in [4.78, 5) is 45.2. The number of carbonyl (C=O) groups excluding carboxylic acids is 2. The van der Waals surface area contributed by atoms with Crippen molar-refractivity contribution in [2.45, 2.75) is 44.4 Å². The van der Waals surface area contributed by atoms with Crippen LogP contribution in [0.25, 0.3) is 0 Å². The van der Waals surface area contributed by atoms with E-state index in [4.69, 9.17) is 18.9 Å². The lowest BCUT2D eigenvalue weighted by molar-refractivity contribution is -0.385. The third-order valence-electron chi connectivity index (χ3n) is 9.34. The van der Waals surface area contributed by atoms with Gasteiger partial charge in [0.25, 0.3) is 11.4 Å². The molecule has 0 heterocycles. The van der Waals surface area contributed by atoms with E-state index in [1.54, 1.807) is 0 Å². The van der Waals surface area contributed by atoms with Crippen molar-refractivity contribution in [2.24, 2.45) is 23.2 Å². The van der Waals surface area contributed by atoms with E-state index in [0.717, 1.165) is 37.7 Å². The number of nitrogens with zero attached hydrogens (tertiary/aromatic N) is 2. The molecule has 4 saturated carbocycles. The van der Waals surface area contributed by atoms with E-state index in [9.17, 15) is 29.8 Å². The van der Waals surface area contributed by atoms with Crippen LogP contribution in [0.4, 0.5) is 21.0 Å². The number of hydrogen-bond acceptors (Lipinski definition) is 10. The van der Waals surface area contributed by atoms with Crippen molar-refractivity contribution in [1.82, 2.24) is 0 Å². The monoisotopic (exact) mass is 616 g/mol. The molecule has 2 atom stereocenters. The zero-order chi connectivity index (χ0) is 31.6. The van der Waals surface area contributed by atoms with Crippen LogP contribution in [-0.2, 0) is 15.9 Å². The van der Waals surface area contributed by atoms with Gasteiger partial charge in [0.1, 0.15) is 18.1 Å². The zero-order valence-electron chi connectivity index (χ0n) is 24.4. The molecule has 4 fully saturated rings. The summed E-state index contributed by atoms with van der Waals surface area (Å²) in [7, 11) is 0. The van der Waals surface area contributed by atoms with Crippen LogP contribution in [0, 0.1) is 43.4 Å². The first-order valence-corrected chi connectivity index (χ1v) is 14.9. The quantitative estimate of drug-likeness (QED) is 0.0973. The molecule has 0 spiro atoms. The van der Waals surface area contributed by atoms with Gasteiger partial charge >= 0.3 is 12.3 Å². The lowest BCUT2D eigenvalue weighted by Gasteiger charge is -2.60. The maximum absolute atomic E-state index is 12.5. The zero-order valence-corrected chi connectivity index (χ0v) is 24.4. The SMILES string of the molecule is O=C(OCCc1cccc(C2C3CC4CC2CC(COC(=O)Oc2ccc([N+](=O)[O-])cc2)(C4)C3)c1)Oc1ccc([N+](=O)[O-])cc1. The van der Waals surface area contributed by atoms with Crippen LogP contribution in [0.15, 0.2) is 72.8 Å². The van der Waals surface area contributed by atoms with Gasteiger partial charge in [-0.05, 0) is 91.2 Å². The summed E-state index contributed by atoms with van der Waals surface area (Å²) in [5.74, 6) is 2.34. The van der Waals surface area contributed by atoms with Crippen LogP contribution >= 0.6 is 0 Å². The molecule has 0 aliphatic heterocycles. The maximum Gasteiger partial charge on any atom is 0.513 e. The van der Waals surface area contributed by atoms with Crippen LogP contribution < -0.4 is 9.47 Å². The minimum Gasteiger partial charge on any atom is -0.434 e. The first-order chi connectivity index (χ1) is 21.7. The number of non-ortho nitro benzene ring substituents is 2. The third-order valence-corrected chi connectivity index (χ3v) is 9.34. The standard InChI is InChI=1S/C33H32N2O10/c36-31(44-28-8-4-26(5-9-28)34(38)39)42-13-12-21-2-1-3-23(14-21)30-24-15-22-16-25(30)19-33(17-22,18-24)20-43-32(37)45-29-10-6-27(7-11-29)35(40)41/h1-11,14,22,24-25,30H,12-13,15-20H2. The summed E-state index contributed by atoms with van der Waals surface area (Å²) >= 11 is 0.